The number of methoxy groups -OCH3 is 2. The van der Waals surface area contributed by atoms with E-state index in [-0.39, 0.29) is 5.95 Å². The van der Waals surface area contributed by atoms with Crippen molar-refractivity contribution in [2.45, 2.75) is 0 Å². The van der Waals surface area contributed by atoms with Gasteiger partial charge in [0.15, 0.2) is 0 Å². The molecule has 0 unspecified atom stereocenters. The van der Waals surface area contributed by atoms with Gasteiger partial charge in [0.2, 0.25) is 5.95 Å². The summed E-state index contributed by atoms with van der Waals surface area (Å²) in [6.45, 7) is 0. The summed E-state index contributed by atoms with van der Waals surface area (Å²) >= 11 is 3.22. The molecule has 2 amide bonds. The summed E-state index contributed by atoms with van der Waals surface area (Å²) in [5.41, 5.74) is 0.428. The molecule has 0 aliphatic carbocycles. The van der Waals surface area contributed by atoms with E-state index in [0.717, 1.165) is 4.47 Å². The van der Waals surface area contributed by atoms with Crippen LogP contribution in [0.25, 0.3) is 0 Å². The van der Waals surface area contributed by atoms with Crippen LogP contribution in [-0.2, 0) is 0 Å². The highest BCUT2D eigenvalue weighted by molar-refractivity contribution is 9.10. The van der Waals surface area contributed by atoms with Gasteiger partial charge < -0.3 is 14.8 Å². The molecule has 0 saturated carbocycles. The summed E-state index contributed by atoms with van der Waals surface area (Å²) in [6, 6.07) is 4.70. The number of urea groups is 1. The van der Waals surface area contributed by atoms with Crippen molar-refractivity contribution in [3.05, 3.63) is 35.1 Å². The SMILES string of the molecule is COc1cccc(OC)c1NC(=O)Nc1ncc(Br)cn1. The van der Waals surface area contributed by atoms with Crippen molar-refractivity contribution in [1.82, 2.24) is 9.97 Å². The molecule has 2 rings (SSSR count). The van der Waals surface area contributed by atoms with E-state index in [1.807, 2.05) is 0 Å². The summed E-state index contributed by atoms with van der Waals surface area (Å²) < 4.78 is 11.1. The predicted molar refractivity (Wildman–Crippen MR) is 81.9 cm³/mol. The molecule has 8 heteroatoms. The molecule has 0 aliphatic rings. The van der Waals surface area contributed by atoms with Crippen molar-refractivity contribution in [3.8, 4) is 11.5 Å². The van der Waals surface area contributed by atoms with Gasteiger partial charge in [0.1, 0.15) is 17.2 Å². The molecule has 2 aromatic rings. The number of nitrogens with one attached hydrogen (secondary N) is 2. The molecule has 1 heterocycles. The van der Waals surface area contributed by atoms with Crippen LogP contribution < -0.4 is 20.1 Å². The minimum atomic E-state index is -0.500. The highest BCUT2D eigenvalue weighted by Gasteiger charge is 2.13. The lowest BCUT2D eigenvalue weighted by Gasteiger charge is -2.14. The van der Waals surface area contributed by atoms with E-state index in [0.29, 0.717) is 17.2 Å². The molecule has 0 saturated heterocycles. The van der Waals surface area contributed by atoms with Crippen molar-refractivity contribution in [3.63, 3.8) is 0 Å². The Hall–Kier alpha value is -2.35. The zero-order valence-corrected chi connectivity index (χ0v) is 13.0. The fraction of sp³-hybridized carbons (Fsp3) is 0.154. The van der Waals surface area contributed by atoms with Gasteiger partial charge >= 0.3 is 6.03 Å². The number of benzene rings is 1. The second kappa shape index (κ2) is 6.89. The van der Waals surface area contributed by atoms with Gasteiger partial charge in [-0.05, 0) is 28.1 Å². The fourth-order valence-electron chi connectivity index (χ4n) is 1.60. The fourth-order valence-corrected chi connectivity index (χ4v) is 1.80. The number of amides is 2. The lowest BCUT2D eigenvalue weighted by molar-refractivity contribution is 0.261. The first-order chi connectivity index (χ1) is 10.1. The minimum absolute atomic E-state index is 0.185. The molecule has 1 aromatic carbocycles. The Balaban J connectivity index is 2.14. The number of hydrogen-bond acceptors (Lipinski definition) is 5. The number of ether oxygens (including phenoxy) is 2. The average Bonchev–Trinajstić information content (AvgIpc) is 2.49. The number of carbonyl (C=O) groups is 1. The first kappa shape index (κ1) is 15.0. The number of rotatable bonds is 4. The van der Waals surface area contributed by atoms with Crippen molar-refractivity contribution in [2.75, 3.05) is 24.9 Å². The second-order valence-electron chi connectivity index (χ2n) is 3.84. The highest BCUT2D eigenvalue weighted by atomic mass is 79.9. The van der Waals surface area contributed by atoms with E-state index in [2.05, 4.69) is 36.5 Å². The molecule has 0 aliphatic heterocycles. The van der Waals surface area contributed by atoms with Gasteiger partial charge in [-0.25, -0.2) is 14.8 Å². The van der Waals surface area contributed by atoms with Gasteiger partial charge in [0, 0.05) is 12.4 Å². The number of halogens is 1. The molecule has 110 valence electrons. The second-order valence-corrected chi connectivity index (χ2v) is 4.76. The Morgan fingerprint density at radius 2 is 1.67 bits per heavy atom. The van der Waals surface area contributed by atoms with E-state index in [1.165, 1.54) is 26.6 Å². The summed E-state index contributed by atoms with van der Waals surface area (Å²) in [4.78, 5) is 19.9. The van der Waals surface area contributed by atoms with Gasteiger partial charge in [-0.1, -0.05) is 6.07 Å². The number of anilines is 2. The maximum atomic E-state index is 12.0. The molecule has 0 bridgehead atoms. The summed E-state index contributed by atoms with van der Waals surface area (Å²) in [5.74, 6) is 1.16. The smallest absolute Gasteiger partial charge is 0.326 e. The Bertz CT molecular complexity index is 612. The van der Waals surface area contributed by atoms with E-state index in [1.54, 1.807) is 18.2 Å². The summed E-state index contributed by atoms with van der Waals surface area (Å²) in [5, 5.41) is 5.17. The number of hydrogen-bond donors (Lipinski definition) is 2. The third-order valence-corrected chi connectivity index (χ3v) is 2.92. The van der Waals surface area contributed by atoms with E-state index in [4.69, 9.17) is 9.47 Å². The predicted octanol–water partition coefficient (Wildman–Crippen LogP) is 2.90. The Morgan fingerprint density at radius 3 is 2.19 bits per heavy atom. The standard InChI is InChI=1S/C13H13BrN4O3/c1-20-9-4-3-5-10(21-2)11(9)17-13(19)18-12-15-6-8(14)7-16-12/h3-7H,1-2H3,(H2,15,16,17,18,19). The van der Waals surface area contributed by atoms with Crippen LogP contribution in [0.15, 0.2) is 35.1 Å². The maximum absolute atomic E-state index is 12.0. The molecule has 2 N–H and O–H groups in total. The van der Waals surface area contributed by atoms with Crippen LogP contribution in [0.5, 0.6) is 11.5 Å². The van der Waals surface area contributed by atoms with Gasteiger partial charge in [-0.3, -0.25) is 5.32 Å². The Kier molecular flexibility index (Phi) is 4.94. The molecular formula is C13H13BrN4O3. The third-order valence-electron chi connectivity index (χ3n) is 2.51. The average molecular weight is 353 g/mol. The quantitative estimate of drug-likeness (QED) is 0.883. The van der Waals surface area contributed by atoms with Crippen LogP contribution in [0.2, 0.25) is 0 Å². The zero-order chi connectivity index (χ0) is 15.2. The molecule has 7 nitrogen and oxygen atoms in total. The van der Waals surface area contributed by atoms with Crippen LogP contribution in [0.3, 0.4) is 0 Å². The van der Waals surface area contributed by atoms with Gasteiger partial charge in [-0.2, -0.15) is 0 Å². The molecular weight excluding hydrogens is 340 g/mol. The van der Waals surface area contributed by atoms with E-state index in [9.17, 15) is 4.79 Å². The van der Waals surface area contributed by atoms with Crippen LogP contribution >= 0.6 is 15.9 Å². The van der Waals surface area contributed by atoms with Crippen LogP contribution in [0.1, 0.15) is 0 Å². The summed E-state index contributed by atoms with van der Waals surface area (Å²) in [7, 11) is 3.02. The minimum Gasteiger partial charge on any atom is -0.494 e. The van der Waals surface area contributed by atoms with Crippen molar-refractivity contribution < 1.29 is 14.3 Å². The number of carbonyl (C=O) groups excluding carboxylic acids is 1. The first-order valence-electron chi connectivity index (χ1n) is 5.90. The van der Waals surface area contributed by atoms with Crippen LogP contribution in [0, 0.1) is 0 Å². The van der Waals surface area contributed by atoms with E-state index < -0.39 is 6.03 Å². The van der Waals surface area contributed by atoms with Crippen molar-refractivity contribution in [2.24, 2.45) is 0 Å². The maximum Gasteiger partial charge on any atom is 0.326 e. The van der Waals surface area contributed by atoms with Gasteiger partial charge in [0.25, 0.3) is 0 Å². The topological polar surface area (TPSA) is 85.4 Å². The van der Waals surface area contributed by atoms with Crippen molar-refractivity contribution >= 4 is 33.6 Å². The number of para-hydroxylation sites is 1. The van der Waals surface area contributed by atoms with Crippen LogP contribution in [-0.4, -0.2) is 30.2 Å². The lowest BCUT2D eigenvalue weighted by atomic mass is 10.2. The lowest BCUT2D eigenvalue weighted by Crippen LogP contribution is -2.21. The zero-order valence-electron chi connectivity index (χ0n) is 11.4. The molecule has 1 aromatic heterocycles. The third kappa shape index (κ3) is 3.82. The molecule has 0 spiro atoms. The number of aromatic nitrogens is 2. The Morgan fingerprint density at radius 1 is 1.10 bits per heavy atom. The monoisotopic (exact) mass is 352 g/mol. The highest BCUT2D eigenvalue weighted by Crippen LogP contribution is 2.34. The van der Waals surface area contributed by atoms with Gasteiger partial charge in [-0.15, -0.1) is 0 Å². The van der Waals surface area contributed by atoms with Crippen LogP contribution in [0.4, 0.5) is 16.4 Å². The molecule has 0 radical (unpaired) electrons. The molecule has 21 heavy (non-hydrogen) atoms. The normalized spacial score (nSPS) is 9.86. The van der Waals surface area contributed by atoms with Gasteiger partial charge in [0.05, 0.1) is 18.7 Å². The molecule has 0 fully saturated rings. The largest absolute Gasteiger partial charge is 0.494 e. The first-order valence-corrected chi connectivity index (χ1v) is 6.70. The van der Waals surface area contributed by atoms with Crippen molar-refractivity contribution in [1.29, 1.82) is 0 Å². The summed E-state index contributed by atoms with van der Waals surface area (Å²) in [6.07, 6.45) is 3.07. The Labute approximate surface area is 129 Å². The van der Waals surface area contributed by atoms with E-state index >= 15 is 0 Å². The number of nitrogens with zero attached hydrogens (tertiary/aromatic N) is 2. The molecule has 0 atom stereocenters.